The SMILES string of the molecule is O=C(CCCC[C@H]1SC[C@@H]2CC(=O)N[C@@H]21)NCCNC(=O)COC1Cc2ccccc2C#Cc2ccccc21. The van der Waals surface area contributed by atoms with Gasteiger partial charge in [0.05, 0.1) is 6.10 Å². The lowest BCUT2D eigenvalue weighted by molar-refractivity contribution is -0.128. The molecule has 2 aliphatic heterocycles. The van der Waals surface area contributed by atoms with Crippen LogP contribution in [0.1, 0.15) is 60.5 Å². The normalized spacial score (nSPS) is 22.7. The van der Waals surface area contributed by atoms with Gasteiger partial charge in [0.2, 0.25) is 17.7 Å². The van der Waals surface area contributed by atoms with E-state index in [0.717, 1.165) is 47.3 Å². The van der Waals surface area contributed by atoms with Crippen LogP contribution in [0.2, 0.25) is 0 Å². The van der Waals surface area contributed by atoms with E-state index in [9.17, 15) is 14.4 Å². The van der Waals surface area contributed by atoms with Crippen molar-refractivity contribution in [3.05, 3.63) is 70.8 Å². The number of unbranched alkanes of at least 4 members (excludes halogenated alkanes) is 1. The zero-order chi connectivity index (χ0) is 27.0. The maximum atomic E-state index is 12.5. The molecule has 0 saturated carbocycles. The summed E-state index contributed by atoms with van der Waals surface area (Å²) >= 11 is 1.95. The molecule has 2 heterocycles. The van der Waals surface area contributed by atoms with Crippen LogP contribution in [-0.4, -0.2) is 54.5 Å². The van der Waals surface area contributed by atoms with E-state index in [1.165, 1.54) is 0 Å². The molecule has 8 heteroatoms. The molecule has 3 aliphatic rings. The van der Waals surface area contributed by atoms with Gasteiger partial charge in [-0.2, -0.15) is 11.8 Å². The van der Waals surface area contributed by atoms with E-state index >= 15 is 0 Å². The number of nitrogens with one attached hydrogen (secondary N) is 3. The summed E-state index contributed by atoms with van der Waals surface area (Å²) in [7, 11) is 0. The van der Waals surface area contributed by atoms with Gasteiger partial charge in [-0.3, -0.25) is 14.4 Å². The Kier molecular flexibility index (Phi) is 9.23. The summed E-state index contributed by atoms with van der Waals surface area (Å²) in [5.74, 6) is 8.00. The summed E-state index contributed by atoms with van der Waals surface area (Å²) < 4.78 is 6.09. The molecule has 3 N–H and O–H groups in total. The number of carbonyl (C=O) groups is 3. The van der Waals surface area contributed by atoms with Gasteiger partial charge in [0.25, 0.3) is 0 Å². The van der Waals surface area contributed by atoms with E-state index in [2.05, 4.69) is 33.9 Å². The molecule has 0 aromatic heterocycles. The molecule has 7 nitrogen and oxygen atoms in total. The van der Waals surface area contributed by atoms with Crippen molar-refractivity contribution >= 4 is 29.5 Å². The van der Waals surface area contributed by atoms with Crippen LogP contribution in [0.15, 0.2) is 48.5 Å². The van der Waals surface area contributed by atoms with Gasteiger partial charge in [-0.1, -0.05) is 54.7 Å². The molecule has 39 heavy (non-hydrogen) atoms. The molecule has 2 aromatic rings. The van der Waals surface area contributed by atoms with Crippen molar-refractivity contribution in [1.82, 2.24) is 16.0 Å². The van der Waals surface area contributed by atoms with Crippen molar-refractivity contribution < 1.29 is 19.1 Å². The van der Waals surface area contributed by atoms with E-state index in [4.69, 9.17) is 4.74 Å². The molecule has 1 unspecified atom stereocenters. The minimum absolute atomic E-state index is 0.00229. The summed E-state index contributed by atoms with van der Waals surface area (Å²) in [6.07, 6.45) is 4.32. The van der Waals surface area contributed by atoms with E-state index in [0.29, 0.717) is 49.6 Å². The standard InChI is InChI=1S/C31H35N3O4S/c35-28(12-6-5-11-27-31-24(20-39-27)18-29(36)34-31)32-15-16-33-30(37)19-38-26-17-23-9-2-1-7-21(23)13-14-22-8-3-4-10-25(22)26/h1-4,7-10,24,26-27,31H,5-6,11-12,15-20H2,(H,32,35)(H,33,37)(H,34,36)/t24-,26?,27+,31-/m0/s1. The Bertz CT molecular complexity index is 1270. The second-order valence-corrected chi connectivity index (χ2v) is 11.6. The fourth-order valence-electron chi connectivity index (χ4n) is 5.56. The largest absolute Gasteiger partial charge is 0.363 e. The fourth-order valence-corrected chi connectivity index (χ4v) is 7.21. The molecular formula is C31H35N3O4S. The Balaban J connectivity index is 0.984. The topological polar surface area (TPSA) is 96.5 Å². The van der Waals surface area contributed by atoms with Crippen LogP contribution in [0.3, 0.4) is 0 Å². The highest BCUT2D eigenvalue weighted by Crippen LogP contribution is 2.39. The van der Waals surface area contributed by atoms with Crippen LogP contribution >= 0.6 is 11.8 Å². The predicted octanol–water partition coefficient (Wildman–Crippen LogP) is 3.11. The van der Waals surface area contributed by atoms with Gasteiger partial charge >= 0.3 is 0 Å². The molecule has 2 fully saturated rings. The van der Waals surface area contributed by atoms with E-state index in [1.54, 1.807) is 0 Å². The first-order valence-electron chi connectivity index (χ1n) is 13.8. The molecular weight excluding hydrogens is 510 g/mol. The first-order valence-corrected chi connectivity index (χ1v) is 14.9. The number of hydrogen-bond donors (Lipinski definition) is 3. The van der Waals surface area contributed by atoms with E-state index in [1.807, 2.05) is 54.2 Å². The van der Waals surface area contributed by atoms with Gasteiger partial charge in [0.1, 0.15) is 6.61 Å². The third kappa shape index (κ3) is 7.23. The minimum atomic E-state index is -0.277. The quantitative estimate of drug-likeness (QED) is 0.298. The molecule has 204 valence electrons. The fraction of sp³-hybridized carbons (Fsp3) is 0.452. The summed E-state index contributed by atoms with van der Waals surface area (Å²) in [5, 5.41) is 9.30. The van der Waals surface area contributed by atoms with E-state index < -0.39 is 0 Å². The third-order valence-electron chi connectivity index (χ3n) is 7.60. The van der Waals surface area contributed by atoms with Gasteiger partial charge in [-0.05, 0) is 47.8 Å². The molecule has 0 radical (unpaired) electrons. The number of fused-ring (bicyclic) bond motifs is 3. The zero-order valence-electron chi connectivity index (χ0n) is 22.0. The van der Waals surface area contributed by atoms with Gasteiger partial charge in [0.15, 0.2) is 0 Å². The summed E-state index contributed by atoms with van der Waals surface area (Å²) in [6, 6.07) is 16.2. The first kappa shape index (κ1) is 27.3. The lowest BCUT2D eigenvalue weighted by atomic mass is 9.92. The Hall–Kier alpha value is -3.28. The Labute approximate surface area is 234 Å². The smallest absolute Gasteiger partial charge is 0.246 e. The number of rotatable bonds is 11. The van der Waals surface area contributed by atoms with Crippen LogP contribution in [0.5, 0.6) is 0 Å². The second-order valence-electron chi connectivity index (χ2n) is 10.4. The predicted molar refractivity (Wildman–Crippen MR) is 152 cm³/mol. The zero-order valence-corrected chi connectivity index (χ0v) is 22.9. The van der Waals surface area contributed by atoms with Gasteiger partial charge in [-0.25, -0.2) is 0 Å². The number of ether oxygens (including phenoxy) is 1. The highest BCUT2D eigenvalue weighted by atomic mass is 32.2. The van der Waals surface area contributed by atoms with Crippen molar-refractivity contribution in [1.29, 1.82) is 0 Å². The van der Waals surface area contributed by atoms with Crippen molar-refractivity contribution in [2.24, 2.45) is 5.92 Å². The van der Waals surface area contributed by atoms with Crippen LogP contribution in [-0.2, 0) is 25.5 Å². The van der Waals surface area contributed by atoms with Gasteiger partial charge in [0, 0.05) is 54.8 Å². The highest BCUT2D eigenvalue weighted by molar-refractivity contribution is 8.00. The van der Waals surface area contributed by atoms with Crippen LogP contribution in [0.25, 0.3) is 0 Å². The van der Waals surface area contributed by atoms with Crippen molar-refractivity contribution in [3.8, 4) is 11.8 Å². The Morgan fingerprint density at radius 1 is 0.949 bits per heavy atom. The van der Waals surface area contributed by atoms with Gasteiger partial charge in [-0.15, -0.1) is 0 Å². The number of hydrogen-bond acceptors (Lipinski definition) is 5. The van der Waals surface area contributed by atoms with Crippen molar-refractivity contribution in [3.63, 3.8) is 0 Å². The monoisotopic (exact) mass is 545 g/mol. The summed E-state index contributed by atoms with van der Waals surface area (Å²) in [5.41, 5.74) is 3.98. The van der Waals surface area contributed by atoms with Crippen LogP contribution in [0.4, 0.5) is 0 Å². The number of amides is 3. The molecule has 2 saturated heterocycles. The third-order valence-corrected chi connectivity index (χ3v) is 9.18. The van der Waals surface area contributed by atoms with Crippen molar-refractivity contribution in [2.45, 2.75) is 55.9 Å². The van der Waals surface area contributed by atoms with Crippen molar-refractivity contribution in [2.75, 3.05) is 25.4 Å². The molecule has 2 aromatic carbocycles. The first-order chi connectivity index (χ1) is 19.1. The Morgan fingerprint density at radius 2 is 1.69 bits per heavy atom. The molecule has 4 atom stereocenters. The molecule has 5 rings (SSSR count). The minimum Gasteiger partial charge on any atom is -0.363 e. The van der Waals surface area contributed by atoms with E-state index in [-0.39, 0.29) is 30.4 Å². The average Bonchev–Trinajstić information content (AvgIpc) is 3.49. The summed E-state index contributed by atoms with van der Waals surface area (Å²) in [6.45, 7) is 0.670. The molecule has 3 amide bonds. The lowest BCUT2D eigenvalue weighted by Crippen LogP contribution is -2.36. The molecule has 1 aliphatic carbocycles. The maximum absolute atomic E-state index is 12.5. The molecule has 0 bridgehead atoms. The number of benzene rings is 2. The highest BCUT2D eigenvalue weighted by Gasteiger charge is 2.42. The number of carbonyl (C=O) groups excluding carboxylic acids is 3. The maximum Gasteiger partial charge on any atom is 0.246 e. The second kappa shape index (κ2) is 13.2. The Morgan fingerprint density at radius 3 is 2.56 bits per heavy atom. The number of thioether (sulfide) groups is 1. The summed E-state index contributed by atoms with van der Waals surface area (Å²) in [4.78, 5) is 36.3. The lowest BCUT2D eigenvalue weighted by Gasteiger charge is -2.21. The molecule has 0 spiro atoms. The van der Waals surface area contributed by atoms with Crippen LogP contribution in [0, 0.1) is 17.8 Å². The van der Waals surface area contributed by atoms with Gasteiger partial charge < -0.3 is 20.7 Å². The average molecular weight is 546 g/mol. The van der Waals surface area contributed by atoms with Crippen LogP contribution < -0.4 is 16.0 Å².